The van der Waals surface area contributed by atoms with E-state index in [2.05, 4.69) is 5.32 Å². The fourth-order valence-electron chi connectivity index (χ4n) is 2.33. The largest absolute Gasteiger partial charge is 0.322 e. The van der Waals surface area contributed by atoms with Crippen molar-refractivity contribution in [3.63, 3.8) is 0 Å². The number of rotatable bonds is 4. The Morgan fingerprint density at radius 2 is 1.75 bits per heavy atom. The number of carbonyl (C=O) groups excluding carboxylic acids is 1. The summed E-state index contributed by atoms with van der Waals surface area (Å²) in [6.07, 6.45) is 1.17. The van der Waals surface area contributed by atoms with Gasteiger partial charge in [0.15, 0.2) is 9.84 Å². The Morgan fingerprint density at radius 3 is 2.29 bits per heavy atom. The van der Waals surface area contributed by atoms with Crippen molar-refractivity contribution >= 4 is 21.6 Å². The van der Waals surface area contributed by atoms with Crippen LogP contribution >= 0.6 is 0 Å². The standard InChI is InChI=1S/C18H22N2O3S/c1-13-6-5-7-16(12-13)19-18(21)20(3)14(2)15-8-10-17(11-9-15)24(4,22)23/h5-12,14H,1-4H3,(H,19,21). The number of nitrogens with zero attached hydrogens (tertiary/aromatic N) is 1. The summed E-state index contributed by atoms with van der Waals surface area (Å²) >= 11 is 0. The molecule has 0 spiro atoms. The predicted molar refractivity (Wildman–Crippen MR) is 95.9 cm³/mol. The summed E-state index contributed by atoms with van der Waals surface area (Å²) in [5.41, 5.74) is 2.68. The third kappa shape index (κ3) is 4.35. The van der Waals surface area contributed by atoms with Gasteiger partial charge in [0.05, 0.1) is 10.9 Å². The van der Waals surface area contributed by atoms with Crippen LogP contribution in [0.3, 0.4) is 0 Å². The molecule has 0 heterocycles. The average Bonchev–Trinajstić information content (AvgIpc) is 2.52. The van der Waals surface area contributed by atoms with E-state index >= 15 is 0 Å². The van der Waals surface area contributed by atoms with Crippen molar-refractivity contribution in [3.05, 3.63) is 59.7 Å². The predicted octanol–water partition coefficient (Wildman–Crippen LogP) is 3.62. The fourth-order valence-corrected chi connectivity index (χ4v) is 2.96. The van der Waals surface area contributed by atoms with E-state index in [1.54, 1.807) is 36.2 Å². The van der Waals surface area contributed by atoms with E-state index < -0.39 is 9.84 Å². The van der Waals surface area contributed by atoms with Crippen LogP contribution in [-0.2, 0) is 9.84 Å². The number of sulfone groups is 1. The van der Waals surface area contributed by atoms with Gasteiger partial charge in [0.2, 0.25) is 0 Å². The first-order chi connectivity index (χ1) is 11.2. The molecule has 1 N–H and O–H groups in total. The molecule has 0 saturated heterocycles. The number of amides is 2. The zero-order valence-corrected chi connectivity index (χ0v) is 15.1. The molecule has 0 aromatic heterocycles. The fraction of sp³-hybridized carbons (Fsp3) is 0.278. The highest BCUT2D eigenvalue weighted by Gasteiger charge is 2.18. The van der Waals surface area contributed by atoms with Gasteiger partial charge in [0, 0.05) is 19.0 Å². The maximum Gasteiger partial charge on any atom is 0.322 e. The highest BCUT2D eigenvalue weighted by Crippen LogP contribution is 2.22. The van der Waals surface area contributed by atoms with E-state index in [-0.39, 0.29) is 17.0 Å². The molecule has 0 aliphatic rings. The van der Waals surface area contributed by atoms with E-state index in [0.717, 1.165) is 16.8 Å². The van der Waals surface area contributed by atoms with Crippen molar-refractivity contribution in [1.82, 2.24) is 4.90 Å². The van der Waals surface area contributed by atoms with Crippen molar-refractivity contribution in [1.29, 1.82) is 0 Å². The molecule has 128 valence electrons. The molecule has 0 radical (unpaired) electrons. The van der Waals surface area contributed by atoms with Gasteiger partial charge >= 0.3 is 6.03 Å². The number of anilines is 1. The molecule has 2 aromatic carbocycles. The highest BCUT2D eigenvalue weighted by atomic mass is 32.2. The average molecular weight is 346 g/mol. The van der Waals surface area contributed by atoms with Crippen LogP contribution in [0.2, 0.25) is 0 Å². The maximum absolute atomic E-state index is 12.4. The van der Waals surface area contributed by atoms with Crippen LogP contribution in [0.1, 0.15) is 24.1 Å². The highest BCUT2D eigenvalue weighted by molar-refractivity contribution is 7.90. The van der Waals surface area contributed by atoms with Gasteiger partial charge in [0.25, 0.3) is 0 Å². The third-order valence-electron chi connectivity index (χ3n) is 3.96. The molecule has 0 aliphatic heterocycles. The van der Waals surface area contributed by atoms with Crippen LogP contribution in [0.5, 0.6) is 0 Å². The van der Waals surface area contributed by atoms with Gasteiger partial charge in [-0.1, -0.05) is 24.3 Å². The minimum Gasteiger partial charge on any atom is -0.321 e. The summed E-state index contributed by atoms with van der Waals surface area (Å²) in [4.78, 5) is 14.2. The first-order valence-electron chi connectivity index (χ1n) is 7.59. The topological polar surface area (TPSA) is 66.5 Å². The zero-order chi connectivity index (χ0) is 17.9. The summed E-state index contributed by atoms with van der Waals surface area (Å²) in [6.45, 7) is 3.86. The van der Waals surface area contributed by atoms with Crippen LogP contribution < -0.4 is 5.32 Å². The normalized spacial score (nSPS) is 12.5. The molecule has 24 heavy (non-hydrogen) atoms. The van der Waals surface area contributed by atoms with Crippen LogP contribution in [0.25, 0.3) is 0 Å². The van der Waals surface area contributed by atoms with E-state index in [1.807, 2.05) is 38.1 Å². The molecular formula is C18H22N2O3S. The molecule has 0 bridgehead atoms. The Hall–Kier alpha value is -2.34. The lowest BCUT2D eigenvalue weighted by atomic mass is 10.1. The zero-order valence-electron chi connectivity index (χ0n) is 14.3. The lowest BCUT2D eigenvalue weighted by Crippen LogP contribution is -2.33. The number of urea groups is 1. The van der Waals surface area contributed by atoms with Crippen molar-refractivity contribution in [3.8, 4) is 0 Å². The molecular weight excluding hydrogens is 324 g/mol. The summed E-state index contributed by atoms with van der Waals surface area (Å²) < 4.78 is 23.0. The Kier molecular flexibility index (Phi) is 5.29. The molecule has 0 saturated carbocycles. The van der Waals surface area contributed by atoms with Gasteiger partial charge in [0.1, 0.15) is 0 Å². The number of hydrogen-bond acceptors (Lipinski definition) is 3. The quantitative estimate of drug-likeness (QED) is 0.919. The van der Waals surface area contributed by atoms with Gasteiger partial charge in [-0.05, 0) is 49.2 Å². The van der Waals surface area contributed by atoms with E-state index in [4.69, 9.17) is 0 Å². The van der Waals surface area contributed by atoms with Gasteiger partial charge in [-0.3, -0.25) is 0 Å². The first kappa shape index (κ1) is 18.0. The summed E-state index contributed by atoms with van der Waals surface area (Å²) in [5, 5.41) is 2.86. The van der Waals surface area contributed by atoms with Crippen molar-refractivity contribution in [2.45, 2.75) is 24.8 Å². The van der Waals surface area contributed by atoms with E-state index in [9.17, 15) is 13.2 Å². The van der Waals surface area contributed by atoms with Crippen LogP contribution in [-0.4, -0.2) is 32.7 Å². The van der Waals surface area contributed by atoms with E-state index in [1.165, 1.54) is 6.26 Å². The van der Waals surface area contributed by atoms with Crippen molar-refractivity contribution < 1.29 is 13.2 Å². The Bertz CT molecular complexity index is 830. The lowest BCUT2D eigenvalue weighted by Gasteiger charge is -2.25. The Morgan fingerprint density at radius 1 is 1.12 bits per heavy atom. The van der Waals surface area contributed by atoms with E-state index in [0.29, 0.717) is 0 Å². The molecule has 2 amide bonds. The van der Waals surface area contributed by atoms with Crippen LogP contribution in [0, 0.1) is 6.92 Å². The van der Waals surface area contributed by atoms with Gasteiger partial charge in [-0.15, -0.1) is 0 Å². The van der Waals surface area contributed by atoms with Gasteiger partial charge in [-0.2, -0.15) is 0 Å². The number of nitrogens with one attached hydrogen (secondary N) is 1. The van der Waals surface area contributed by atoms with Crippen molar-refractivity contribution in [2.24, 2.45) is 0 Å². The first-order valence-corrected chi connectivity index (χ1v) is 9.48. The minimum atomic E-state index is -3.22. The van der Waals surface area contributed by atoms with Crippen molar-refractivity contribution in [2.75, 3.05) is 18.6 Å². The third-order valence-corrected chi connectivity index (χ3v) is 5.09. The second-order valence-electron chi connectivity index (χ2n) is 5.93. The Labute approximate surface area is 143 Å². The second kappa shape index (κ2) is 7.05. The summed E-state index contributed by atoms with van der Waals surface area (Å²) in [7, 11) is -1.51. The van der Waals surface area contributed by atoms with Crippen LogP contribution in [0.4, 0.5) is 10.5 Å². The molecule has 0 fully saturated rings. The molecule has 2 aromatic rings. The van der Waals surface area contributed by atoms with Crippen LogP contribution in [0.15, 0.2) is 53.4 Å². The molecule has 1 atom stereocenters. The smallest absolute Gasteiger partial charge is 0.321 e. The number of hydrogen-bond donors (Lipinski definition) is 1. The second-order valence-corrected chi connectivity index (χ2v) is 7.94. The Balaban J connectivity index is 2.10. The lowest BCUT2D eigenvalue weighted by molar-refractivity contribution is 0.208. The summed E-state index contributed by atoms with van der Waals surface area (Å²) in [5.74, 6) is 0. The minimum absolute atomic E-state index is 0.191. The molecule has 2 rings (SSSR count). The number of benzene rings is 2. The van der Waals surface area contributed by atoms with Gasteiger partial charge in [-0.25, -0.2) is 13.2 Å². The SMILES string of the molecule is Cc1cccc(NC(=O)N(C)C(C)c2ccc(S(C)(=O)=O)cc2)c1. The molecule has 0 aliphatic carbocycles. The van der Waals surface area contributed by atoms with Gasteiger partial charge < -0.3 is 10.2 Å². The maximum atomic E-state index is 12.4. The number of aryl methyl sites for hydroxylation is 1. The molecule has 1 unspecified atom stereocenters. The molecule has 6 heteroatoms. The molecule has 5 nitrogen and oxygen atoms in total. The number of carbonyl (C=O) groups is 1. The monoisotopic (exact) mass is 346 g/mol. The summed E-state index contributed by atoms with van der Waals surface area (Å²) in [6, 6.07) is 13.8.